The highest BCUT2D eigenvalue weighted by Gasteiger charge is 1.91. The fourth-order valence-corrected chi connectivity index (χ4v) is 0.629. The Morgan fingerprint density at radius 1 is 1.78 bits per heavy atom. The van der Waals surface area contributed by atoms with Gasteiger partial charge < -0.3 is 5.32 Å². The van der Waals surface area contributed by atoms with Gasteiger partial charge in [0.05, 0.1) is 0 Å². The van der Waals surface area contributed by atoms with Crippen LogP contribution in [0.15, 0.2) is 4.40 Å². The summed E-state index contributed by atoms with van der Waals surface area (Å²) < 4.78 is 4.01. The largest absolute Gasteiger partial charge is 0.317 e. The van der Waals surface area contributed by atoms with E-state index in [1.165, 1.54) is 11.9 Å². The van der Waals surface area contributed by atoms with E-state index >= 15 is 0 Å². The summed E-state index contributed by atoms with van der Waals surface area (Å²) in [5.74, 6) is 0. The van der Waals surface area contributed by atoms with Crippen LogP contribution in [0, 0.1) is 0 Å². The second-order valence-corrected chi connectivity index (χ2v) is 2.47. The Balaban J connectivity index is 3.15. The van der Waals surface area contributed by atoms with Crippen LogP contribution in [0.5, 0.6) is 0 Å². The van der Waals surface area contributed by atoms with Crippen LogP contribution in [-0.2, 0) is 0 Å². The molecule has 0 fully saturated rings. The first-order chi connectivity index (χ1) is 4.31. The normalized spacial score (nSPS) is 14.6. The van der Waals surface area contributed by atoms with E-state index in [0.717, 1.165) is 6.42 Å². The van der Waals surface area contributed by atoms with E-state index in [4.69, 9.17) is 0 Å². The van der Waals surface area contributed by atoms with Gasteiger partial charge in [-0.15, -0.1) is 0 Å². The molecule has 54 valence electrons. The third-order valence-electron chi connectivity index (χ3n) is 1.13. The Bertz CT molecular complexity index is 83.1. The van der Waals surface area contributed by atoms with Gasteiger partial charge in [-0.2, -0.15) is 0 Å². The van der Waals surface area contributed by atoms with Crippen molar-refractivity contribution in [3.05, 3.63) is 0 Å². The standard InChI is InChI=1S/C6H14N2S/c1-6(7-2)4-5-8-9-3/h5-7H,4H2,1-3H3/t6-/m1/s1. The lowest BCUT2D eigenvalue weighted by molar-refractivity contribution is 0.638. The van der Waals surface area contributed by atoms with Crippen LogP contribution in [0.4, 0.5) is 0 Å². The maximum Gasteiger partial charge on any atom is 0.0141 e. The Morgan fingerprint density at radius 3 is 2.89 bits per heavy atom. The van der Waals surface area contributed by atoms with Crippen molar-refractivity contribution in [2.45, 2.75) is 19.4 Å². The molecule has 0 amide bonds. The van der Waals surface area contributed by atoms with Gasteiger partial charge in [0.25, 0.3) is 0 Å². The molecule has 0 saturated heterocycles. The molecule has 0 spiro atoms. The van der Waals surface area contributed by atoms with Crippen LogP contribution < -0.4 is 5.32 Å². The molecule has 0 heterocycles. The maximum atomic E-state index is 4.01. The van der Waals surface area contributed by atoms with Crippen LogP contribution in [0.25, 0.3) is 0 Å². The van der Waals surface area contributed by atoms with Crippen molar-refractivity contribution in [2.24, 2.45) is 4.40 Å². The van der Waals surface area contributed by atoms with Gasteiger partial charge in [-0.05, 0) is 32.3 Å². The van der Waals surface area contributed by atoms with E-state index < -0.39 is 0 Å². The number of nitrogens with one attached hydrogen (secondary N) is 1. The van der Waals surface area contributed by atoms with Crippen molar-refractivity contribution in [3.8, 4) is 0 Å². The third-order valence-corrected chi connectivity index (χ3v) is 1.49. The van der Waals surface area contributed by atoms with Crippen LogP contribution in [-0.4, -0.2) is 25.6 Å². The molecule has 0 saturated carbocycles. The quantitative estimate of drug-likeness (QED) is 0.478. The Kier molecular flexibility index (Phi) is 6.09. The van der Waals surface area contributed by atoms with Gasteiger partial charge in [-0.25, -0.2) is 4.40 Å². The summed E-state index contributed by atoms with van der Waals surface area (Å²) in [6.07, 6.45) is 4.91. The van der Waals surface area contributed by atoms with Gasteiger partial charge in [0.1, 0.15) is 0 Å². The van der Waals surface area contributed by atoms with E-state index in [1.54, 1.807) is 0 Å². The average molecular weight is 146 g/mol. The van der Waals surface area contributed by atoms with Crippen molar-refractivity contribution in [3.63, 3.8) is 0 Å². The maximum absolute atomic E-state index is 4.01. The highest BCUT2D eigenvalue weighted by Crippen LogP contribution is 1.92. The minimum absolute atomic E-state index is 0.542. The van der Waals surface area contributed by atoms with E-state index in [9.17, 15) is 0 Å². The lowest BCUT2D eigenvalue weighted by Crippen LogP contribution is -2.20. The molecule has 0 bridgehead atoms. The summed E-state index contributed by atoms with van der Waals surface area (Å²) in [6, 6.07) is 0.542. The molecule has 0 aromatic heterocycles. The molecule has 0 aliphatic carbocycles. The average Bonchev–Trinajstić information content (AvgIpc) is 1.89. The van der Waals surface area contributed by atoms with Crippen LogP contribution in [0.1, 0.15) is 13.3 Å². The summed E-state index contributed by atoms with van der Waals surface area (Å²) in [7, 11) is 1.96. The number of hydrogen-bond donors (Lipinski definition) is 1. The van der Waals surface area contributed by atoms with Gasteiger partial charge in [0.15, 0.2) is 0 Å². The number of hydrogen-bond acceptors (Lipinski definition) is 3. The SMILES string of the molecule is CN[C@H](C)CC=NSC. The zero-order valence-electron chi connectivity index (χ0n) is 6.22. The zero-order valence-corrected chi connectivity index (χ0v) is 7.03. The number of rotatable bonds is 4. The first kappa shape index (κ1) is 8.98. The highest BCUT2D eigenvalue weighted by molar-refractivity contribution is 7.97. The smallest absolute Gasteiger partial charge is 0.0141 e. The van der Waals surface area contributed by atoms with Crippen LogP contribution in [0.2, 0.25) is 0 Å². The molecule has 2 nitrogen and oxygen atoms in total. The molecule has 9 heavy (non-hydrogen) atoms. The molecule has 0 unspecified atom stereocenters. The molecule has 3 heteroatoms. The summed E-state index contributed by atoms with van der Waals surface area (Å²) in [4.78, 5) is 0. The molecule has 1 N–H and O–H groups in total. The van der Waals surface area contributed by atoms with Gasteiger partial charge in [0, 0.05) is 18.5 Å². The molecule has 0 aromatic carbocycles. The van der Waals surface area contributed by atoms with Crippen LogP contribution >= 0.6 is 11.9 Å². The molecule has 0 rings (SSSR count). The summed E-state index contributed by atoms with van der Waals surface area (Å²) in [6.45, 7) is 2.13. The van der Waals surface area contributed by atoms with Gasteiger partial charge in [-0.3, -0.25) is 0 Å². The van der Waals surface area contributed by atoms with Gasteiger partial charge in [-0.1, -0.05) is 0 Å². The molecule has 0 aliphatic heterocycles. The van der Waals surface area contributed by atoms with E-state index in [0.29, 0.717) is 6.04 Å². The fraction of sp³-hybridized carbons (Fsp3) is 0.833. The van der Waals surface area contributed by atoms with E-state index in [2.05, 4.69) is 16.6 Å². The van der Waals surface area contributed by atoms with Crippen molar-refractivity contribution >= 4 is 18.2 Å². The van der Waals surface area contributed by atoms with Gasteiger partial charge in [0.2, 0.25) is 0 Å². The predicted octanol–water partition coefficient (Wildman–Crippen LogP) is 1.33. The van der Waals surface area contributed by atoms with Crippen molar-refractivity contribution in [1.29, 1.82) is 0 Å². The lowest BCUT2D eigenvalue weighted by atomic mass is 10.3. The molecule has 0 aliphatic rings. The van der Waals surface area contributed by atoms with E-state index in [-0.39, 0.29) is 0 Å². The molecule has 0 aromatic rings. The second kappa shape index (κ2) is 6.11. The minimum atomic E-state index is 0.542. The predicted molar refractivity (Wildman–Crippen MR) is 45.1 cm³/mol. The number of nitrogens with zero attached hydrogens (tertiary/aromatic N) is 1. The zero-order chi connectivity index (χ0) is 7.11. The monoisotopic (exact) mass is 146 g/mol. The Hall–Kier alpha value is -0.0200. The van der Waals surface area contributed by atoms with Crippen LogP contribution in [0.3, 0.4) is 0 Å². The van der Waals surface area contributed by atoms with E-state index in [1.807, 2.05) is 19.5 Å². The van der Waals surface area contributed by atoms with Gasteiger partial charge >= 0.3 is 0 Å². The first-order valence-electron chi connectivity index (χ1n) is 3.03. The molecule has 1 atom stereocenters. The topological polar surface area (TPSA) is 24.4 Å². The summed E-state index contributed by atoms with van der Waals surface area (Å²) in [5.41, 5.74) is 0. The van der Waals surface area contributed by atoms with Crippen molar-refractivity contribution in [2.75, 3.05) is 13.3 Å². The molecular formula is C6H14N2S. The second-order valence-electron chi connectivity index (χ2n) is 1.90. The van der Waals surface area contributed by atoms with Crippen molar-refractivity contribution < 1.29 is 0 Å². The Labute approximate surface area is 61.3 Å². The summed E-state index contributed by atoms with van der Waals surface area (Å²) in [5, 5.41) is 3.12. The molecule has 0 radical (unpaired) electrons. The first-order valence-corrected chi connectivity index (χ1v) is 4.21. The van der Waals surface area contributed by atoms with Crippen molar-refractivity contribution in [1.82, 2.24) is 5.32 Å². The minimum Gasteiger partial charge on any atom is -0.317 e. The lowest BCUT2D eigenvalue weighted by Gasteiger charge is -2.03. The molecular weight excluding hydrogens is 132 g/mol. The Morgan fingerprint density at radius 2 is 2.44 bits per heavy atom. The highest BCUT2D eigenvalue weighted by atomic mass is 32.2. The fourth-order valence-electron chi connectivity index (χ4n) is 0.394. The third kappa shape index (κ3) is 5.86. The summed E-state index contributed by atoms with van der Waals surface area (Å²) >= 11 is 1.50.